The predicted octanol–water partition coefficient (Wildman–Crippen LogP) is 0.442. The molecular formula is C13H21N3O2. The monoisotopic (exact) mass is 251 g/mol. The fraction of sp³-hybridized carbons (Fsp3) is 0.538. The minimum atomic E-state index is -0.188. The van der Waals surface area contributed by atoms with Crippen LogP contribution < -0.4 is 11.3 Å². The summed E-state index contributed by atoms with van der Waals surface area (Å²) >= 11 is 0. The first-order chi connectivity index (χ1) is 8.26. The lowest BCUT2D eigenvalue weighted by atomic mass is 9.93. The highest BCUT2D eigenvalue weighted by Crippen LogP contribution is 2.15. The van der Waals surface area contributed by atoms with Crippen molar-refractivity contribution in [1.82, 2.24) is 9.47 Å². The van der Waals surface area contributed by atoms with Crippen molar-refractivity contribution in [3.05, 3.63) is 34.2 Å². The van der Waals surface area contributed by atoms with Gasteiger partial charge in [-0.1, -0.05) is 13.8 Å². The molecule has 0 aliphatic rings. The Morgan fingerprint density at radius 1 is 1.50 bits per heavy atom. The first kappa shape index (κ1) is 14.4. The van der Waals surface area contributed by atoms with Crippen molar-refractivity contribution >= 4 is 5.91 Å². The second-order valence-corrected chi connectivity index (χ2v) is 5.39. The molecule has 0 atom stereocenters. The Bertz CT molecular complexity index is 491. The number of carbonyl (C=O) groups excluding carboxylic acids is 1. The van der Waals surface area contributed by atoms with Gasteiger partial charge in [-0.05, 0) is 18.0 Å². The van der Waals surface area contributed by atoms with Crippen LogP contribution in [-0.2, 0) is 7.05 Å². The van der Waals surface area contributed by atoms with Crippen molar-refractivity contribution in [3.63, 3.8) is 0 Å². The Hall–Kier alpha value is -1.62. The van der Waals surface area contributed by atoms with E-state index in [4.69, 9.17) is 5.73 Å². The molecule has 5 nitrogen and oxygen atoms in total. The molecule has 1 heterocycles. The molecule has 0 aliphatic heterocycles. The molecule has 100 valence electrons. The average molecular weight is 251 g/mol. The molecule has 18 heavy (non-hydrogen) atoms. The topological polar surface area (TPSA) is 68.3 Å². The van der Waals surface area contributed by atoms with Crippen LogP contribution in [0.15, 0.2) is 23.1 Å². The Labute approximate surface area is 107 Å². The standard InChI is InChI=1S/C13H21N3O2/c1-13(2,8-14)9-16(4)12(18)10-5-6-15(3)11(17)7-10/h5-7H,8-9,14H2,1-4H3. The molecule has 1 rings (SSSR count). The van der Waals surface area contributed by atoms with Crippen molar-refractivity contribution in [1.29, 1.82) is 0 Å². The zero-order valence-corrected chi connectivity index (χ0v) is 11.4. The van der Waals surface area contributed by atoms with Gasteiger partial charge in [0.05, 0.1) is 0 Å². The van der Waals surface area contributed by atoms with Gasteiger partial charge in [0.2, 0.25) is 0 Å². The van der Waals surface area contributed by atoms with Crippen molar-refractivity contribution in [2.45, 2.75) is 13.8 Å². The van der Waals surface area contributed by atoms with Crippen LogP contribution in [0.3, 0.4) is 0 Å². The van der Waals surface area contributed by atoms with Gasteiger partial charge in [0.25, 0.3) is 11.5 Å². The number of amides is 1. The zero-order valence-electron chi connectivity index (χ0n) is 11.4. The van der Waals surface area contributed by atoms with E-state index < -0.39 is 0 Å². The molecule has 0 unspecified atom stereocenters. The SMILES string of the molecule is CN(CC(C)(C)CN)C(=O)c1ccn(C)c(=O)c1. The van der Waals surface area contributed by atoms with Gasteiger partial charge in [-0.3, -0.25) is 9.59 Å². The predicted molar refractivity (Wildman–Crippen MR) is 71.5 cm³/mol. The molecule has 1 aromatic heterocycles. The summed E-state index contributed by atoms with van der Waals surface area (Å²) in [7, 11) is 3.37. The molecule has 0 aromatic carbocycles. The molecule has 0 aliphatic carbocycles. The first-order valence-electron chi connectivity index (χ1n) is 5.89. The van der Waals surface area contributed by atoms with Crippen LogP contribution in [0.1, 0.15) is 24.2 Å². The number of hydrogen-bond donors (Lipinski definition) is 1. The van der Waals surface area contributed by atoms with Crippen LogP contribution in [0.5, 0.6) is 0 Å². The summed E-state index contributed by atoms with van der Waals surface area (Å²) in [6.45, 7) is 5.06. The van der Waals surface area contributed by atoms with Crippen molar-refractivity contribution in [2.24, 2.45) is 18.2 Å². The Morgan fingerprint density at radius 3 is 2.61 bits per heavy atom. The summed E-state index contributed by atoms with van der Waals surface area (Å²) in [6, 6.07) is 3.00. The summed E-state index contributed by atoms with van der Waals surface area (Å²) in [5.41, 5.74) is 5.73. The van der Waals surface area contributed by atoms with Crippen LogP contribution in [0, 0.1) is 5.41 Å². The fourth-order valence-corrected chi connectivity index (χ4v) is 1.68. The number of carbonyl (C=O) groups is 1. The van der Waals surface area contributed by atoms with Crippen LogP contribution in [0.25, 0.3) is 0 Å². The number of hydrogen-bond acceptors (Lipinski definition) is 3. The highest BCUT2D eigenvalue weighted by molar-refractivity contribution is 5.93. The number of pyridine rings is 1. The fourth-order valence-electron chi connectivity index (χ4n) is 1.68. The van der Waals surface area contributed by atoms with Gasteiger partial charge in [0.15, 0.2) is 0 Å². The molecule has 0 fully saturated rings. The van der Waals surface area contributed by atoms with Crippen LogP contribution in [-0.4, -0.2) is 35.5 Å². The summed E-state index contributed by atoms with van der Waals surface area (Å²) in [5.74, 6) is -0.158. The Kier molecular flexibility index (Phi) is 4.29. The normalized spacial score (nSPS) is 11.4. The van der Waals surface area contributed by atoms with E-state index in [-0.39, 0.29) is 16.9 Å². The highest BCUT2D eigenvalue weighted by Gasteiger charge is 2.22. The lowest BCUT2D eigenvalue weighted by Crippen LogP contribution is -2.40. The lowest BCUT2D eigenvalue weighted by Gasteiger charge is -2.29. The van der Waals surface area contributed by atoms with Gasteiger partial charge in [0, 0.05) is 38.5 Å². The third-order valence-electron chi connectivity index (χ3n) is 2.92. The van der Waals surface area contributed by atoms with Crippen molar-refractivity contribution in [3.8, 4) is 0 Å². The first-order valence-corrected chi connectivity index (χ1v) is 5.89. The second-order valence-electron chi connectivity index (χ2n) is 5.39. The second kappa shape index (κ2) is 5.35. The number of nitrogens with zero attached hydrogens (tertiary/aromatic N) is 2. The molecule has 0 saturated heterocycles. The van der Waals surface area contributed by atoms with Crippen molar-refractivity contribution < 1.29 is 4.79 Å². The van der Waals surface area contributed by atoms with Crippen LogP contribution >= 0.6 is 0 Å². The average Bonchev–Trinajstić information content (AvgIpc) is 2.31. The van der Waals surface area contributed by atoms with Crippen LogP contribution in [0.2, 0.25) is 0 Å². The van der Waals surface area contributed by atoms with E-state index in [2.05, 4.69) is 0 Å². The maximum Gasteiger partial charge on any atom is 0.253 e. The number of aromatic nitrogens is 1. The molecule has 0 spiro atoms. The minimum absolute atomic E-state index is 0.135. The van der Waals surface area contributed by atoms with Gasteiger partial charge in [-0.25, -0.2) is 0 Å². The largest absolute Gasteiger partial charge is 0.341 e. The summed E-state index contributed by atoms with van der Waals surface area (Å²) < 4.78 is 1.43. The highest BCUT2D eigenvalue weighted by atomic mass is 16.2. The maximum atomic E-state index is 12.1. The van der Waals surface area contributed by atoms with Gasteiger partial charge >= 0.3 is 0 Å². The number of rotatable bonds is 4. The smallest absolute Gasteiger partial charge is 0.253 e. The lowest BCUT2D eigenvalue weighted by molar-refractivity contribution is 0.0740. The Morgan fingerprint density at radius 2 is 2.11 bits per heavy atom. The molecular weight excluding hydrogens is 230 g/mol. The number of nitrogens with two attached hydrogens (primary N) is 1. The molecule has 0 radical (unpaired) electrons. The quantitative estimate of drug-likeness (QED) is 0.844. The zero-order chi connectivity index (χ0) is 13.9. The van der Waals surface area contributed by atoms with Crippen LogP contribution in [0.4, 0.5) is 0 Å². The summed E-state index contributed by atoms with van der Waals surface area (Å²) in [6.07, 6.45) is 1.59. The van der Waals surface area contributed by atoms with E-state index in [9.17, 15) is 9.59 Å². The van der Waals surface area contributed by atoms with E-state index >= 15 is 0 Å². The summed E-state index contributed by atoms with van der Waals surface area (Å²) in [4.78, 5) is 25.2. The van der Waals surface area contributed by atoms with E-state index in [0.29, 0.717) is 18.7 Å². The van der Waals surface area contributed by atoms with E-state index in [1.165, 1.54) is 10.6 Å². The van der Waals surface area contributed by atoms with Gasteiger partial charge in [-0.15, -0.1) is 0 Å². The molecule has 5 heteroatoms. The molecule has 1 aromatic rings. The summed E-state index contributed by atoms with van der Waals surface area (Å²) in [5, 5.41) is 0. The molecule has 2 N–H and O–H groups in total. The van der Waals surface area contributed by atoms with Crippen molar-refractivity contribution in [2.75, 3.05) is 20.1 Å². The number of aryl methyl sites for hydroxylation is 1. The molecule has 1 amide bonds. The van der Waals surface area contributed by atoms with Gasteiger partial charge in [-0.2, -0.15) is 0 Å². The maximum absolute atomic E-state index is 12.1. The Balaban J connectivity index is 2.87. The van der Waals surface area contributed by atoms with E-state index in [1.807, 2.05) is 13.8 Å². The molecule has 0 saturated carbocycles. The molecule has 0 bridgehead atoms. The third-order valence-corrected chi connectivity index (χ3v) is 2.92. The van der Waals surface area contributed by atoms with E-state index in [0.717, 1.165) is 0 Å². The minimum Gasteiger partial charge on any atom is -0.341 e. The van der Waals surface area contributed by atoms with E-state index in [1.54, 1.807) is 31.3 Å². The van der Waals surface area contributed by atoms with Gasteiger partial charge in [0.1, 0.15) is 0 Å². The third kappa shape index (κ3) is 3.43. The van der Waals surface area contributed by atoms with Gasteiger partial charge < -0.3 is 15.2 Å².